The zero-order valence-electron chi connectivity index (χ0n) is 20.5. The molecule has 0 unspecified atom stereocenters. The van der Waals surface area contributed by atoms with Gasteiger partial charge in [0.1, 0.15) is 11.6 Å². The van der Waals surface area contributed by atoms with Crippen LogP contribution in [0.2, 0.25) is 0 Å². The van der Waals surface area contributed by atoms with Gasteiger partial charge in [-0.25, -0.2) is 9.97 Å². The molecule has 0 fully saturated rings. The summed E-state index contributed by atoms with van der Waals surface area (Å²) < 4.78 is 8.55. The average Bonchev–Trinajstić information content (AvgIpc) is 3.27. The van der Waals surface area contributed by atoms with Gasteiger partial charge in [-0.05, 0) is 66.4 Å². The van der Waals surface area contributed by atoms with E-state index in [9.17, 15) is 0 Å². The first-order valence-electron chi connectivity index (χ1n) is 12.5. The Bertz CT molecular complexity index is 1690. The van der Waals surface area contributed by atoms with E-state index >= 15 is 0 Å². The van der Waals surface area contributed by atoms with Crippen molar-refractivity contribution in [2.24, 2.45) is 0 Å². The lowest BCUT2D eigenvalue weighted by Gasteiger charge is -2.12. The second-order valence-corrected chi connectivity index (χ2v) is 8.88. The van der Waals surface area contributed by atoms with E-state index in [0.29, 0.717) is 5.88 Å². The Hall–Kier alpha value is -4.44. The molecule has 36 heavy (non-hydrogen) atoms. The van der Waals surface area contributed by atoms with Crippen molar-refractivity contribution >= 4 is 21.8 Å². The van der Waals surface area contributed by atoms with Gasteiger partial charge in [0.15, 0.2) is 0 Å². The third-order valence-electron chi connectivity index (χ3n) is 6.67. The summed E-state index contributed by atoms with van der Waals surface area (Å²) in [5, 5.41) is 2.43. The molecule has 6 rings (SSSR count). The highest BCUT2D eigenvalue weighted by Gasteiger charge is 2.14. The van der Waals surface area contributed by atoms with E-state index in [4.69, 9.17) is 9.72 Å². The number of hydrogen-bond acceptors (Lipinski definition) is 3. The van der Waals surface area contributed by atoms with Crippen LogP contribution in [0.15, 0.2) is 103 Å². The molecule has 3 aromatic carbocycles. The minimum atomic E-state index is 0.694. The standard InChI is InChI=1S/C32H27N3O/c1-3-22-15-17-25(4-2)34-32(22)36-26-11-9-10-23(20-26)24-16-18-28-27-12-5-6-13-29(27)35(30(28)21-24)31-14-7-8-19-33-31/h5-21H,3-4H2,1-2H3. The summed E-state index contributed by atoms with van der Waals surface area (Å²) in [5.41, 5.74) is 6.64. The molecule has 0 saturated carbocycles. The second-order valence-electron chi connectivity index (χ2n) is 8.88. The van der Waals surface area contributed by atoms with Crippen molar-refractivity contribution in [1.82, 2.24) is 14.5 Å². The molecule has 6 aromatic rings. The Morgan fingerprint density at radius 2 is 1.53 bits per heavy atom. The van der Waals surface area contributed by atoms with E-state index in [1.807, 2.05) is 30.5 Å². The van der Waals surface area contributed by atoms with Gasteiger partial charge in [-0.3, -0.25) is 4.57 Å². The molecular formula is C32H27N3O. The summed E-state index contributed by atoms with van der Waals surface area (Å²) in [5.74, 6) is 2.39. The van der Waals surface area contributed by atoms with Crippen molar-refractivity contribution in [1.29, 1.82) is 0 Å². The number of fused-ring (bicyclic) bond motifs is 3. The molecule has 0 aliphatic rings. The van der Waals surface area contributed by atoms with Gasteiger partial charge in [-0.15, -0.1) is 0 Å². The smallest absolute Gasteiger partial charge is 0.222 e. The van der Waals surface area contributed by atoms with E-state index in [1.165, 1.54) is 10.8 Å². The second kappa shape index (κ2) is 9.31. The lowest BCUT2D eigenvalue weighted by Crippen LogP contribution is -1.97. The zero-order valence-corrected chi connectivity index (χ0v) is 20.5. The SMILES string of the molecule is CCc1ccc(CC)c(Oc2cccc(-c3ccc4c5ccccc5n(-c5ccccn5)c4c3)c2)n1. The number of pyridine rings is 2. The van der Waals surface area contributed by atoms with Crippen LogP contribution in [0.1, 0.15) is 25.1 Å². The summed E-state index contributed by atoms with van der Waals surface area (Å²) in [4.78, 5) is 9.39. The minimum Gasteiger partial charge on any atom is -0.439 e. The number of para-hydroxylation sites is 1. The summed E-state index contributed by atoms with van der Waals surface area (Å²) in [6.07, 6.45) is 3.60. The van der Waals surface area contributed by atoms with Crippen molar-refractivity contribution in [3.8, 4) is 28.6 Å². The highest BCUT2D eigenvalue weighted by atomic mass is 16.5. The Labute approximate surface area is 210 Å². The topological polar surface area (TPSA) is 39.9 Å². The van der Waals surface area contributed by atoms with Crippen LogP contribution in [-0.4, -0.2) is 14.5 Å². The summed E-state index contributed by atoms with van der Waals surface area (Å²) in [6.45, 7) is 4.24. The van der Waals surface area contributed by atoms with Crippen molar-refractivity contribution in [3.63, 3.8) is 0 Å². The molecule has 4 heteroatoms. The maximum absolute atomic E-state index is 6.31. The number of rotatable bonds is 6. The van der Waals surface area contributed by atoms with E-state index in [-0.39, 0.29) is 0 Å². The fourth-order valence-electron chi connectivity index (χ4n) is 4.80. The maximum atomic E-state index is 6.31. The quantitative estimate of drug-likeness (QED) is 0.247. The lowest BCUT2D eigenvalue weighted by atomic mass is 10.0. The van der Waals surface area contributed by atoms with Crippen LogP contribution in [0.4, 0.5) is 0 Å². The van der Waals surface area contributed by atoms with Gasteiger partial charge in [0.05, 0.1) is 11.0 Å². The van der Waals surface area contributed by atoms with Gasteiger partial charge in [-0.2, -0.15) is 0 Å². The van der Waals surface area contributed by atoms with Crippen LogP contribution in [0.5, 0.6) is 11.6 Å². The first-order valence-corrected chi connectivity index (χ1v) is 12.5. The molecule has 3 heterocycles. The summed E-state index contributed by atoms with van der Waals surface area (Å²) in [6, 6.07) is 33.6. The Morgan fingerprint density at radius 1 is 0.694 bits per heavy atom. The van der Waals surface area contributed by atoms with E-state index in [2.05, 4.69) is 96.2 Å². The zero-order chi connectivity index (χ0) is 24.5. The van der Waals surface area contributed by atoms with Crippen LogP contribution in [-0.2, 0) is 12.8 Å². The molecule has 0 saturated heterocycles. The Balaban J connectivity index is 1.45. The van der Waals surface area contributed by atoms with Crippen LogP contribution in [0, 0.1) is 0 Å². The number of nitrogens with zero attached hydrogens (tertiary/aromatic N) is 3. The van der Waals surface area contributed by atoms with Gasteiger partial charge in [0.25, 0.3) is 0 Å². The molecule has 0 N–H and O–H groups in total. The Kier molecular flexibility index (Phi) is 5.70. The first kappa shape index (κ1) is 22.1. The molecule has 0 atom stereocenters. The third kappa shape index (κ3) is 3.91. The van der Waals surface area contributed by atoms with E-state index in [1.54, 1.807) is 0 Å². The fourth-order valence-corrected chi connectivity index (χ4v) is 4.80. The van der Waals surface area contributed by atoms with E-state index < -0.39 is 0 Å². The Morgan fingerprint density at radius 3 is 2.36 bits per heavy atom. The molecule has 4 nitrogen and oxygen atoms in total. The third-order valence-corrected chi connectivity index (χ3v) is 6.67. The van der Waals surface area contributed by atoms with Gasteiger partial charge >= 0.3 is 0 Å². The van der Waals surface area contributed by atoms with Gasteiger partial charge in [-0.1, -0.05) is 68.4 Å². The minimum absolute atomic E-state index is 0.694. The van der Waals surface area contributed by atoms with Crippen molar-refractivity contribution in [2.75, 3.05) is 0 Å². The predicted molar refractivity (Wildman–Crippen MR) is 147 cm³/mol. The molecule has 176 valence electrons. The number of aryl methyl sites for hydroxylation is 2. The number of hydrogen-bond donors (Lipinski definition) is 0. The molecule has 0 aliphatic heterocycles. The summed E-state index contributed by atoms with van der Waals surface area (Å²) in [7, 11) is 0. The largest absolute Gasteiger partial charge is 0.439 e. The molecule has 0 radical (unpaired) electrons. The lowest BCUT2D eigenvalue weighted by molar-refractivity contribution is 0.455. The van der Waals surface area contributed by atoms with Gasteiger partial charge < -0.3 is 4.74 Å². The van der Waals surface area contributed by atoms with Gasteiger partial charge in [0, 0.05) is 28.2 Å². The number of benzene rings is 3. The monoisotopic (exact) mass is 469 g/mol. The van der Waals surface area contributed by atoms with Crippen molar-refractivity contribution < 1.29 is 4.74 Å². The van der Waals surface area contributed by atoms with Gasteiger partial charge in [0.2, 0.25) is 5.88 Å². The summed E-state index contributed by atoms with van der Waals surface area (Å²) >= 11 is 0. The average molecular weight is 470 g/mol. The number of ether oxygens (including phenoxy) is 1. The maximum Gasteiger partial charge on any atom is 0.222 e. The van der Waals surface area contributed by atoms with E-state index in [0.717, 1.165) is 57.8 Å². The normalized spacial score (nSPS) is 11.3. The molecule has 0 amide bonds. The molecule has 0 spiro atoms. The highest BCUT2D eigenvalue weighted by Crippen LogP contribution is 2.35. The molecule has 0 bridgehead atoms. The highest BCUT2D eigenvalue weighted by molar-refractivity contribution is 6.10. The molecule has 0 aliphatic carbocycles. The number of aromatic nitrogens is 3. The first-order chi connectivity index (χ1) is 17.7. The van der Waals surface area contributed by atoms with Crippen molar-refractivity contribution in [2.45, 2.75) is 26.7 Å². The fraction of sp³-hybridized carbons (Fsp3) is 0.125. The van der Waals surface area contributed by atoms with Crippen molar-refractivity contribution in [3.05, 3.63) is 115 Å². The van der Waals surface area contributed by atoms with Crippen LogP contribution < -0.4 is 4.74 Å². The van der Waals surface area contributed by atoms with Crippen LogP contribution in [0.25, 0.3) is 38.8 Å². The molecular weight excluding hydrogens is 442 g/mol. The molecule has 3 aromatic heterocycles. The predicted octanol–water partition coefficient (Wildman–Crippen LogP) is 8.16. The van der Waals surface area contributed by atoms with Crippen LogP contribution >= 0.6 is 0 Å². The van der Waals surface area contributed by atoms with Crippen LogP contribution in [0.3, 0.4) is 0 Å².